The molecule has 1 amide bonds. The average molecular weight is 371 g/mol. The Morgan fingerprint density at radius 2 is 1.74 bits per heavy atom. The fraction of sp³-hybridized carbons (Fsp3) is 0.421. The summed E-state index contributed by atoms with van der Waals surface area (Å²) in [7, 11) is 0. The summed E-state index contributed by atoms with van der Waals surface area (Å²) >= 11 is 0. The van der Waals surface area contributed by atoms with Gasteiger partial charge in [-0.1, -0.05) is 12.1 Å². The summed E-state index contributed by atoms with van der Waals surface area (Å²) < 4.78 is 19.3. The van der Waals surface area contributed by atoms with E-state index >= 15 is 0 Å². The van der Waals surface area contributed by atoms with Gasteiger partial charge in [-0.15, -0.1) is 5.10 Å². The number of benzene rings is 1. The molecule has 3 heterocycles. The Kier molecular flexibility index (Phi) is 5.15. The minimum Gasteiger partial charge on any atom is -0.378 e. The molecule has 0 unspecified atom stereocenters. The van der Waals surface area contributed by atoms with E-state index in [2.05, 4.69) is 20.0 Å². The van der Waals surface area contributed by atoms with E-state index in [0.717, 1.165) is 24.6 Å². The quantitative estimate of drug-likeness (QED) is 0.813. The second kappa shape index (κ2) is 7.87. The van der Waals surface area contributed by atoms with Crippen molar-refractivity contribution in [2.45, 2.75) is 0 Å². The number of piperazine rings is 1. The van der Waals surface area contributed by atoms with E-state index in [1.807, 2.05) is 6.07 Å². The predicted octanol–water partition coefficient (Wildman–Crippen LogP) is 1.41. The first-order chi connectivity index (χ1) is 13.2. The molecule has 0 spiro atoms. The van der Waals surface area contributed by atoms with Crippen molar-refractivity contribution >= 4 is 17.4 Å². The smallest absolute Gasteiger partial charge is 0.256 e. The highest BCUT2D eigenvalue weighted by molar-refractivity contribution is 5.94. The molecular formula is C19H22FN5O2. The van der Waals surface area contributed by atoms with E-state index in [4.69, 9.17) is 4.74 Å². The molecule has 1 aromatic heterocycles. The molecule has 0 radical (unpaired) electrons. The first kappa shape index (κ1) is 17.7. The van der Waals surface area contributed by atoms with Crippen molar-refractivity contribution in [1.82, 2.24) is 15.1 Å². The summed E-state index contributed by atoms with van der Waals surface area (Å²) in [5, 5.41) is 8.40. The van der Waals surface area contributed by atoms with Gasteiger partial charge < -0.3 is 19.4 Å². The second-order valence-corrected chi connectivity index (χ2v) is 6.63. The molecule has 2 saturated heterocycles. The fourth-order valence-corrected chi connectivity index (χ4v) is 3.44. The number of aromatic nitrogens is 2. The largest absolute Gasteiger partial charge is 0.378 e. The third-order valence-corrected chi connectivity index (χ3v) is 5.00. The standard InChI is InChI=1S/C19H22FN5O2/c20-17-4-2-1-3-16(17)19(26)25-7-5-24(6-8-25)18-13-15(14-21-22-18)23-9-11-27-12-10-23/h1-4,13-14H,5-12H2. The van der Waals surface area contributed by atoms with E-state index in [-0.39, 0.29) is 11.5 Å². The summed E-state index contributed by atoms with van der Waals surface area (Å²) in [6.45, 7) is 5.45. The van der Waals surface area contributed by atoms with Gasteiger partial charge in [-0.25, -0.2) is 4.39 Å². The van der Waals surface area contributed by atoms with Crippen LogP contribution in [0.25, 0.3) is 0 Å². The number of ether oxygens (including phenoxy) is 1. The van der Waals surface area contributed by atoms with Gasteiger partial charge >= 0.3 is 0 Å². The van der Waals surface area contributed by atoms with Crippen LogP contribution < -0.4 is 9.80 Å². The third kappa shape index (κ3) is 3.85. The average Bonchev–Trinajstić information content (AvgIpc) is 2.74. The number of nitrogens with zero attached hydrogens (tertiary/aromatic N) is 5. The molecule has 2 fully saturated rings. The van der Waals surface area contributed by atoms with Gasteiger partial charge in [0.2, 0.25) is 0 Å². The lowest BCUT2D eigenvalue weighted by Crippen LogP contribution is -2.49. The van der Waals surface area contributed by atoms with Gasteiger partial charge in [-0.05, 0) is 12.1 Å². The lowest BCUT2D eigenvalue weighted by Gasteiger charge is -2.36. The molecule has 0 bridgehead atoms. The number of carbonyl (C=O) groups is 1. The summed E-state index contributed by atoms with van der Waals surface area (Å²) in [5.41, 5.74) is 1.16. The Balaban J connectivity index is 1.40. The zero-order valence-corrected chi connectivity index (χ0v) is 15.1. The Hall–Kier alpha value is -2.74. The first-order valence-corrected chi connectivity index (χ1v) is 9.16. The maximum atomic E-state index is 13.9. The lowest BCUT2D eigenvalue weighted by atomic mass is 10.1. The maximum absolute atomic E-state index is 13.9. The molecular weight excluding hydrogens is 349 g/mol. The van der Waals surface area contributed by atoms with Crippen molar-refractivity contribution in [3.8, 4) is 0 Å². The predicted molar refractivity (Wildman–Crippen MR) is 99.6 cm³/mol. The van der Waals surface area contributed by atoms with Gasteiger partial charge in [-0.2, -0.15) is 5.10 Å². The second-order valence-electron chi connectivity index (χ2n) is 6.63. The molecule has 1 aromatic carbocycles. The molecule has 8 heteroatoms. The van der Waals surface area contributed by atoms with Crippen LogP contribution in [0.4, 0.5) is 15.9 Å². The van der Waals surface area contributed by atoms with Crippen LogP contribution in [0.2, 0.25) is 0 Å². The van der Waals surface area contributed by atoms with Crippen molar-refractivity contribution in [1.29, 1.82) is 0 Å². The number of hydrogen-bond acceptors (Lipinski definition) is 6. The number of morpholine rings is 1. The SMILES string of the molecule is O=C(c1ccccc1F)N1CCN(c2cc(N3CCOCC3)cnn2)CC1. The van der Waals surface area contributed by atoms with Crippen LogP contribution in [-0.2, 0) is 4.74 Å². The number of rotatable bonds is 3. The molecule has 0 atom stereocenters. The summed E-state index contributed by atoms with van der Waals surface area (Å²) in [6, 6.07) is 8.15. The van der Waals surface area contributed by atoms with E-state index in [0.29, 0.717) is 39.4 Å². The molecule has 7 nitrogen and oxygen atoms in total. The Labute approximate surface area is 157 Å². The number of carbonyl (C=O) groups excluding carboxylic acids is 1. The van der Waals surface area contributed by atoms with Crippen LogP contribution >= 0.6 is 0 Å². The fourth-order valence-electron chi connectivity index (χ4n) is 3.44. The molecule has 0 aliphatic carbocycles. The number of halogens is 1. The third-order valence-electron chi connectivity index (χ3n) is 5.00. The van der Waals surface area contributed by atoms with E-state index < -0.39 is 5.82 Å². The van der Waals surface area contributed by atoms with Gasteiger partial charge in [0.15, 0.2) is 5.82 Å². The zero-order valence-electron chi connectivity index (χ0n) is 15.1. The van der Waals surface area contributed by atoms with Crippen LogP contribution in [0.5, 0.6) is 0 Å². The first-order valence-electron chi connectivity index (χ1n) is 9.16. The van der Waals surface area contributed by atoms with Crippen molar-refractivity contribution in [2.75, 3.05) is 62.3 Å². The van der Waals surface area contributed by atoms with Gasteiger partial charge in [0.25, 0.3) is 5.91 Å². The van der Waals surface area contributed by atoms with Gasteiger partial charge in [0.1, 0.15) is 5.82 Å². The summed E-state index contributed by atoms with van der Waals surface area (Å²) in [5.74, 6) is 0.0619. The van der Waals surface area contributed by atoms with Crippen LogP contribution in [0.15, 0.2) is 36.5 Å². The number of amides is 1. The van der Waals surface area contributed by atoms with Crippen LogP contribution in [0.1, 0.15) is 10.4 Å². The van der Waals surface area contributed by atoms with Crippen LogP contribution in [-0.4, -0.2) is 73.5 Å². The molecule has 0 N–H and O–H groups in total. The monoisotopic (exact) mass is 371 g/mol. The highest BCUT2D eigenvalue weighted by Gasteiger charge is 2.25. The van der Waals surface area contributed by atoms with E-state index in [1.54, 1.807) is 23.2 Å². The summed E-state index contributed by atoms with van der Waals surface area (Å²) in [4.78, 5) is 18.6. The minimum atomic E-state index is -0.478. The Bertz CT molecular complexity index is 804. The van der Waals surface area contributed by atoms with Crippen LogP contribution in [0.3, 0.4) is 0 Å². The molecule has 2 aliphatic heterocycles. The molecule has 142 valence electrons. The maximum Gasteiger partial charge on any atom is 0.256 e. The van der Waals surface area contributed by atoms with Crippen molar-refractivity contribution in [3.05, 3.63) is 47.9 Å². The van der Waals surface area contributed by atoms with Crippen molar-refractivity contribution in [2.24, 2.45) is 0 Å². The zero-order chi connectivity index (χ0) is 18.6. The highest BCUT2D eigenvalue weighted by Crippen LogP contribution is 2.21. The molecule has 0 saturated carbocycles. The molecule has 2 aromatic rings. The Morgan fingerprint density at radius 1 is 1.00 bits per heavy atom. The van der Waals surface area contributed by atoms with Crippen molar-refractivity contribution in [3.63, 3.8) is 0 Å². The molecule has 4 rings (SSSR count). The summed E-state index contributed by atoms with van der Waals surface area (Å²) in [6.07, 6.45) is 1.77. The van der Waals surface area contributed by atoms with E-state index in [9.17, 15) is 9.18 Å². The minimum absolute atomic E-state index is 0.125. The molecule has 27 heavy (non-hydrogen) atoms. The lowest BCUT2D eigenvalue weighted by molar-refractivity contribution is 0.0741. The number of anilines is 2. The van der Waals surface area contributed by atoms with Gasteiger partial charge in [-0.3, -0.25) is 4.79 Å². The van der Waals surface area contributed by atoms with Gasteiger partial charge in [0.05, 0.1) is 30.7 Å². The van der Waals surface area contributed by atoms with Crippen molar-refractivity contribution < 1.29 is 13.9 Å². The normalized spacial score (nSPS) is 17.9. The Morgan fingerprint density at radius 3 is 2.48 bits per heavy atom. The van der Waals surface area contributed by atoms with E-state index in [1.165, 1.54) is 12.1 Å². The highest BCUT2D eigenvalue weighted by atomic mass is 19.1. The van der Waals surface area contributed by atoms with Crippen LogP contribution in [0, 0.1) is 5.82 Å². The van der Waals surface area contributed by atoms with Gasteiger partial charge in [0, 0.05) is 45.3 Å². The topological polar surface area (TPSA) is 61.8 Å². The number of hydrogen-bond donors (Lipinski definition) is 0. The molecule has 2 aliphatic rings.